The van der Waals surface area contributed by atoms with Crippen molar-refractivity contribution in [3.05, 3.63) is 84.5 Å². The molecular weight excluding hydrogens is 420 g/mol. The Bertz CT molecular complexity index is 1470. The lowest BCUT2D eigenvalue weighted by atomic mass is 10.1. The van der Waals surface area contributed by atoms with Crippen LogP contribution >= 0.6 is 0 Å². The van der Waals surface area contributed by atoms with Crippen LogP contribution in [0.25, 0.3) is 33.7 Å². The van der Waals surface area contributed by atoms with Crippen LogP contribution in [0.2, 0.25) is 0 Å². The summed E-state index contributed by atoms with van der Waals surface area (Å²) in [6.45, 7) is 0.102. The lowest BCUT2D eigenvalue weighted by molar-refractivity contribution is 0.0946. The topological polar surface area (TPSA) is 140 Å². The summed E-state index contributed by atoms with van der Waals surface area (Å²) in [6.07, 6.45) is 4.64. The smallest absolute Gasteiger partial charge is 0.274 e. The lowest BCUT2D eigenvalue weighted by Crippen LogP contribution is -2.26. The number of amides is 1. The number of nitrogen functional groups attached to an aromatic ring is 1. The zero-order chi connectivity index (χ0) is 22.8. The number of hydrogen-bond acceptors (Lipinski definition) is 8. The summed E-state index contributed by atoms with van der Waals surface area (Å²) in [5.74, 6) is -0.270. The maximum Gasteiger partial charge on any atom is 0.274 e. The highest BCUT2D eigenvalue weighted by Crippen LogP contribution is 2.31. The monoisotopic (exact) mass is 438 g/mol. The molecule has 0 fully saturated rings. The second-order valence-corrected chi connectivity index (χ2v) is 7.21. The molecule has 0 spiro atoms. The van der Waals surface area contributed by atoms with E-state index in [0.29, 0.717) is 22.5 Å². The molecule has 0 atom stereocenters. The summed E-state index contributed by atoms with van der Waals surface area (Å²) in [7, 11) is 0. The molecule has 0 bridgehead atoms. The summed E-state index contributed by atoms with van der Waals surface area (Å²) >= 11 is 0. The van der Waals surface area contributed by atoms with E-state index in [1.807, 2.05) is 30.3 Å². The Balaban J connectivity index is 1.57. The molecule has 0 aliphatic carbocycles. The van der Waals surface area contributed by atoms with Crippen molar-refractivity contribution >= 4 is 22.6 Å². The standard InChI is InChI=1S/C24H18N6O3/c25-22-21(23(32)28-13-16-4-1-2-6-18(16)31)29-19(20(30-22)24-27-10-11-33-24)15-7-8-17-14(12-15)5-3-9-26-17/h1-12,31H,13H2,(H2,25,30)(H,28,32). The van der Waals surface area contributed by atoms with Crippen LogP contribution < -0.4 is 11.1 Å². The van der Waals surface area contributed by atoms with Gasteiger partial charge in [-0.25, -0.2) is 15.0 Å². The second kappa shape index (κ2) is 8.39. The summed E-state index contributed by atoms with van der Waals surface area (Å²) in [6, 6.07) is 16.1. The number of pyridine rings is 1. The van der Waals surface area contributed by atoms with Gasteiger partial charge in [-0.05, 0) is 24.3 Å². The van der Waals surface area contributed by atoms with Gasteiger partial charge in [-0.1, -0.05) is 30.3 Å². The lowest BCUT2D eigenvalue weighted by Gasteiger charge is -2.12. The first-order valence-electron chi connectivity index (χ1n) is 10.1. The maximum absolute atomic E-state index is 12.9. The van der Waals surface area contributed by atoms with Gasteiger partial charge in [0.2, 0.25) is 5.89 Å². The van der Waals surface area contributed by atoms with Crippen LogP contribution in [0, 0.1) is 0 Å². The largest absolute Gasteiger partial charge is 0.508 e. The molecule has 0 aliphatic rings. The van der Waals surface area contributed by atoms with Crippen molar-refractivity contribution in [2.24, 2.45) is 0 Å². The Morgan fingerprint density at radius 2 is 1.88 bits per heavy atom. The van der Waals surface area contributed by atoms with Crippen molar-refractivity contribution in [2.75, 3.05) is 5.73 Å². The third-order valence-electron chi connectivity index (χ3n) is 5.08. The van der Waals surface area contributed by atoms with Gasteiger partial charge >= 0.3 is 0 Å². The summed E-state index contributed by atoms with van der Waals surface area (Å²) in [5.41, 5.74) is 8.86. The quantitative estimate of drug-likeness (QED) is 0.378. The molecule has 5 aromatic rings. The molecule has 9 heteroatoms. The SMILES string of the molecule is Nc1nc(-c2ncco2)c(-c2ccc3ncccc3c2)nc1C(=O)NCc1ccccc1O. The summed E-state index contributed by atoms with van der Waals surface area (Å²) in [5, 5.41) is 13.6. The molecule has 4 N–H and O–H groups in total. The molecule has 9 nitrogen and oxygen atoms in total. The molecule has 2 aromatic carbocycles. The highest BCUT2D eigenvalue weighted by atomic mass is 16.3. The number of nitrogens with zero attached hydrogens (tertiary/aromatic N) is 4. The third-order valence-corrected chi connectivity index (χ3v) is 5.08. The minimum Gasteiger partial charge on any atom is -0.508 e. The zero-order valence-electron chi connectivity index (χ0n) is 17.3. The van der Waals surface area contributed by atoms with Gasteiger partial charge in [0.1, 0.15) is 17.7 Å². The zero-order valence-corrected chi connectivity index (χ0v) is 17.3. The van der Waals surface area contributed by atoms with Crippen LogP contribution in [0.1, 0.15) is 16.1 Å². The van der Waals surface area contributed by atoms with E-state index >= 15 is 0 Å². The van der Waals surface area contributed by atoms with E-state index in [9.17, 15) is 9.90 Å². The molecule has 33 heavy (non-hydrogen) atoms. The van der Waals surface area contributed by atoms with Crippen molar-refractivity contribution in [1.29, 1.82) is 0 Å². The first-order valence-corrected chi connectivity index (χ1v) is 10.1. The Morgan fingerprint density at radius 1 is 1.00 bits per heavy atom. The second-order valence-electron chi connectivity index (χ2n) is 7.21. The molecule has 0 unspecified atom stereocenters. The number of aromatic hydroxyl groups is 1. The van der Waals surface area contributed by atoms with Crippen LogP contribution in [0.5, 0.6) is 5.75 Å². The van der Waals surface area contributed by atoms with Gasteiger partial charge in [0.15, 0.2) is 17.2 Å². The Hall–Kier alpha value is -4.79. The molecule has 0 saturated carbocycles. The number of aromatic nitrogens is 4. The Morgan fingerprint density at radius 3 is 2.70 bits per heavy atom. The Kier molecular flexibility index (Phi) is 5.12. The molecule has 0 radical (unpaired) electrons. The fourth-order valence-electron chi connectivity index (χ4n) is 3.45. The molecule has 3 heterocycles. The molecule has 0 saturated heterocycles. The number of carbonyl (C=O) groups is 1. The molecular formula is C24H18N6O3. The van der Waals surface area contributed by atoms with E-state index in [4.69, 9.17) is 10.2 Å². The van der Waals surface area contributed by atoms with Crippen LogP contribution in [-0.4, -0.2) is 30.9 Å². The molecule has 1 amide bonds. The molecule has 0 aliphatic heterocycles. The molecule has 3 aromatic heterocycles. The van der Waals surface area contributed by atoms with Gasteiger partial charge in [-0.3, -0.25) is 9.78 Å². The molecule has 162 valence electrons. The van der Waals surface area contributed by atoms with Crippen LogP contribution in [-0.2, 0) is 6.54 Å². The highest BCUT2D eigenvalue weighted by molar-refractivity contribution is 5.98. The number of nitrogens with one attached hydrogen (secondary N) is 1. The fraction of sp³-hybridized carbons (Fsp3) is 0.0417. The van der Waals surface area contributed by atoms with Gasteiger partial charge < -0.3 is 20.6 Å². The number of phenols is 1. The number of rotatable bonds is 5. The number of hydrogen-bond donors (Lipinski definition) is 3. The number of oxazole rings is 1. The van der Waals surface area contributed by atoms with Gasteiger partial charge in [-0.2, -0.15) is 0 Å². The maximum atomic E-state index is 12.9. The predicted octanol–water partition coefficient (Wildman–Crippen LogP) is 3.56. The van der Waals surface area contributed by atoms with Gasteiger partial charge in [0.05, 0.1) is 11.7 Å². The number of anilines is 1. The van der Waals surface area contributed by atoms with Crippen molar-refractivity contribution in [2.45, 2.75) is 6.54 Å². The predicted molar refractivity (Wildman–Crippen MR) is 122 cm³/mol. The third kappa shape index (κ3) is 3.94. The van der Waals surface area contributed by atoms with Crippen molar-refractivity contribution in [1.82, 2.24) is 25.3 Å². The first-order chi connectivity index (χ1) is 16.1. The van der Waals surface area contributed by atoms with Crippen molar-refractivity contribution < 1.29 is 14.3 Å². The van der Waals surface area contributed by atoms with Crippen LogP contribution in [0.4, 0.5) is 5.82 Å². The number of carbonyl (C=O) groups excluding carboxylic acids is 1. The number of para-hydroxylation sites is 1. The number of fused-ring (bicyclic) bond motifs is 1. The summed E-state index contributed by atoms with van der Waals surface area (Å²) in [4.78, 5) is 30.4. The average Bonchev–Trinajstić information content (AvgIpc) is 3.38. The van der Waals surface area contributed by atoms with E-state index in [-0.39, 0.29) is 29.7 Å². The van der Waals surface area contributed by atoms with Gasteiger partial charge in [0.25, 0.3) is 5.91 Å². The van der Waals surface area contributed by atoms with Crippen molar-refractivity contribution in [3.8, 4) is 28.6 Å². The minimum atomic E-state index is -0.522. The number of nitrogens with two attached hydrogens (primary N) is 1. The van der Waals surface area contributed by atoms with E-state index in [1.165, 1.54) is 12.5 Å². The van der Waals surface area contributed by atoms with E-state index in [0.717, 1.165) is 10.9 Å². The minimum absolute atomic E-state index is 0.0398. The number of benzene rings is 2. The normalized spacial score (nSPS) is 10.9. The van der Waals surface area contributed by atoms with Crippen molar-refractivity contribution in [3.63, 3.8) is 0 Å². The van der Waals surface area contributed by atoms with Gasteiger partial charge in [-0.15, -0.1) is 0 Å². The van der Waals surface area contributed by atoms with E-state index < -0.39 is 5.91 Å². The van der Waals surface area contributed by atoms with E-state index in [2.05, 4.69) is 25.3 Å². The van der Waals surface area contributed by atoms with Crippen LogP contribution in [0.3, 0.4) is 0 Å². The van der Waals surface area contributed by atoms with E-state index in [1.54, 1.807) is 30.5 Å². The average molecular weight is 438 g/mol. The molecule has 5 rings (SSSR count). The van der Waals surface area contributed by atoms with Crippen LogP contribution in [0.15, 0.2) is 77.7 Å². The van der Waals surface area contributed by atoms with Gasteiger partial charge in [0, 0.05) is 29.3 Å². The summed E-state index contributed by atoms with van der Waals surface area (Å²) < 4.78 is 5.43. The highest BCUT2D eigenvalue weighted by Gasteiger charge is 2.22. The number of phenolic OH excluding ortho intramolecular Hbond substituents is 1. The Labute approximate surface area is 188 Å². The first kappa shape index (κ1) is 20.1. The fourth-order valence-corrected chi connectivity index (χ4v) is 3.45.